The van der Waals surface area contributed by atoms with Crippen LogP contribution in [0.2, 0.25) is 0 Å². The maximum atomic E-state index is 13.0. The van der Waals surface area contributed by atoms with Crippen molar-refractivity contribution in [3.05, 3.63) is 0 Å². The summed E-state index contributed by atoms with van der Waals surface area (Å²) < 4.78 is 11.3. The van der Waals surface area contributed by atoms with Gasteiger partial charge in [0.05, 0.1) is 32.3 Å². The summed E-state index contributed by atoms with van der Waals surface area (Å²) in [5.74, 6) is 0.882. The number of rotatable bonds is 5. The van der Waals surface area contributed by atoms with E-state index in [0.717, 1.165) is 38.6 Å². The van der Waals surface area contributed by atoms with E-state index in [2.05, 4.69) is 24.1 Å². The van der Waals surface area contributed by atoms with E-state index in [-0.39, 0.29) is 17.4 Å². The van der Waals surface area contributed by atoms with E-state index >= 15 is 0 Å². The Balaban J connectivity index is 1.82. The molecule has 2 fully saturated rings. The predicted molar refractivity (Wildman–Crippen MR) is 96.4 cm³/mol. The van der Waals surface area contributed by atoms with Crippen molar-refractivity contribution in [3.8, 4) is 0 Å². The highest BCUT2D eigenvalue weighted by Crippen LogP contribution is 2.31. The van der Waals surface area contributed by atoms with Gasteiger partial charge in [-0.15, -0.1) is 0 Å². The van der Waals surface area contributed by atoms with Crippen LogP contribution in [0.25, 0.3) is 0 Å². The van der Waals surface area contributed by atoms with Crippen LogP contribution in [0, 0.1) is 5.41 Å². The quantitative estimate of drug-likeness (QED) is 0.801. The highest BCUT2D eigenvalue weighted by atomic mass is 16.5. The Kier molecular flexibility index (Phi) is 5.37. The van der Waals surface area contributed by atoms with Gasteiger partial charge in [-0.1, -0.05) is 13.8 Å². The molecule has 0 radical (unpaired) electrons. The number of aliphatic imine (C=N–C) groups is 1. The molecule has 142 valence electrons. The Hall–Kier alpha value is -1.18. The standard InChI is InChI=1S/C18H32N4O3/c1-14(2)25-8-5-18(21-6-9-24-10-7-21)11-15(23)22-13-17(3,4)12-19-16(22)20-18/h14H,5-13H2,1-4H3,(H,19,20). The number of morpholine rings is 1. The predicted octanol–water partition coefficient (Wildman–Crippen LogP) is 1.05. The smallest absolute Gasteiger partial charge is 0.233 e. The Morgan fingerprint density at radius 3 is 2.72 bits per heavy atom. The Bertz CT molecular complexity index is 528. The van der Waals surface area contributed by atoms with Gasteiger partial charge in [-0.2, -0.15) is 0 Å². The van der Waals surface area contributed by atoms with Crippen molar-refractivity contribution >= 4 is 11.9 Å². The summed E-state index contributed by atoms with van der Waals surface area (Å²) in [6, 6.07) is 0. The number of nitrogens with zero attached hydrogens (tertiary/aromatic N) is 3. The lowest BCUT2D eigenvalue weighted by molar-refractivity contribution is -0.138. The minimum atomic E-state index is -0.424. The molecule has 2 saturated heterocycles. The first kappa shape index (κ1) is 18.6. The van der Waals surface area contributed by atoms with E-state index in [1.165, 1.54) is 0 Å². The van der Waals surface area contributed by atoms with Gasteiger partial charge in [-0.05, 0) is 13.8 Å². The van der Waals surface area contributed by atoms with Gasteiger partial charge in [-0.3, -0.25) is 19.6 Å². The van der Waals surface area contributed by atoms with Gasteiger partial charge < -0.3 is 14.8 Å². The molecule has 25 heavy (non-hydrogen) atoms. The fraction of sp³-hybridized carbons (Fsp3) is 0.889. The van der Waals surface area contributed by atoms with E-state index in [1.54, 1.807) is 0 Å². The highest BCUT2D eigenvalue weighted by Gasteiger charge is 2.48. The van der Waals surface area contributed by atoms with Crippen LogP contribution in [-0.4, -0.2) is 79.4 Å². The van der Waals surface area contributed by atoms with Crippen molar-refractivity contribution in [1.29, 1.82) is 0 Å². The van der Waals surface area contributed by atoms with Crippen LogP contribution in [0.3, 0.4) is 0 Å². The number of hydrogen-bond acceptors (Lipinski definition) is 6. The zero-order valence-corrected chi connectivity index (χ0v) is 16.0. The van der Waals surface area contributed by atoms with Crippen LogP contribution in [0.4, 0.5) is 0 Å². The number of guanidine groups is 1. The molecular formula is C18H32N4O3. The molecule has 0 aromatic heterocycles. The fourth-order valence-corrected chi connectivity index (χ4v) is 3.79. The van der Waals surface area contributed by atoms with E-state index in [9.17, 15) is 4.79 Å². The van der Waals surface area contributed by atoms with Gasteiger partial charge in [0.15, 0.2) is 0 Å². The first-order valence-electron chi connectivity index (χ1n) is 9.39. The second-order valence-corrected chi connectivity index (χ2v) is 8.39. The largest absolute Gasteiger partial charge is 0.379 e. The Labute approximate surface area is 150 Å². The Morgan fingerprint density at radius 1 is 1.32 bits per heavy atom. The van der Waals surface area contributed by atoms with E-state index in [4.69, 9.17) is 14.5 Å². The molecule has 1 N–H and O–H groups in total. The van der Waals surface area contributed by atoms with Gasteiger partial charge in [0.25, 0.3) is 0 Å². The van der Waals surface area contributed by atoms with Gasteiger partial charge in [0, 0.05) is 38.0 Å². The average Bonchev–Trinajstić information content (AvgIpc) is 2.56. The summed E-state index contributed by atoms with van der Waals surface area (Å²) in [7, 11) is 0. The number of nitrogens with one attached hydrogen (secondary N) is 1. The van der Waals surface area contributed by atoms with E-state index < -0.39 is 5.66 Å². The first-order valence-corrected chi connectivity index (χ1v) is 9.39. The number of ether oxygens (including phenoxy) is 2. The summed E-state index contributed by atoms with van der Waals surface area (Å²) in [6.45, 7) is 13.5. The molecule has 0 spiro atoms. The minimum absolute atomic E-state index is 0.0283. The second kappa shape index (κ2) is 7.21. The van der Waals surface area contributed by atoms with Crippen molar-refractivity contribution in [2.45, 2.75) is 52.3 Å². The third-order valence-corrected chi connectivity index (χ3v) is 5.17. The van der Waals surface area contributed by atoms with Crippen LogP contribution in [0.1, 0.15) is 40.5 Å². The van der Waals surface area contributed by atoms with E-state index in [0.29, 0.717) is 26.2 Å². The van der Waals surface area contributed by atoms with Crippen LogP contribution in [0.5, 0.6) is 0 Å². The van der Waals surface area contributed by atoms with Crippen molar-refractivity contribution < 1.29 is 14.3 Å². The maximum absolute atomic E-state index is 13.0. The van der Waals surface area contributed by atoms with Gasteiger partial charge >= 0.3 is 0 Å². The number of carbonyl (C=O) groups excluding carboxylic acids is 1. The normalized spacial score (nSPS) is 30.0. The molecule has 1 amide bonds. The van der Waals surface area contributed by atoms with Gasteiger partial charge in [-0.25, -0.2) is 0 Å². The van der Waals surface area contributed by atoms with E-state index in [1.807, 2.05) is 18.7 Å². The van der Waals surface area contributed by atoms with Crippen molar-refractivity contribution in [2.24, 2.45) is 10.4 Å². The van der Waals surface area contributed by atoms with Gasteiger partial charge in [0.1, 0.15) is 5.66 Å². The molecule has 1 atom stereocenters. The molecule has 7 nitrogen and oxygen atoms in total. The van der Waals surface area contributed by atoms with Crippen LogP contribution in [-0.2, 0) is 14.3 Å². The molecule has 0 aromatic carbocycles. The molecule has 0 aromatic rings. The minimum Gasteiger partial charge on any atom is -0.379 e. The summed E-state index contributed by atoms with van der Waals surface area (Å²) in [5, 5.41) is 3.63. The SMILES string of the molecule is CC(C)OCCC1(N2CCOCC2)CC(=O)N2CC(C)(C)CN=C2N1. The van der Waals surface area contributed by atoms with Crippen molar-refractivity contribution in [1.82, 2.24) is 15.1 Å². The number of hydrogen-bond donors (Lipinski definition) is 1. The van der Waals surface area contributed by atoms with Crippen LogP contribution in [0.15, 0.2) is 4.99 Å². The molecule has 3 rings (SSSR count). The second-order valence-electron chi connectivity index (χ2n) is 8.39. The summed E-state index contributed by atoms with van der Waals surface area (Å²) in [4.78, 5) is 21.8. The topological polar surface area (TPSA) is 66.4 Å². The lowest BCUT2D eigenvalue weighted by Gasteiger charge is -2.52. The molecular weight excluding hydrogens is 320 g/mol. The molecule has 3 aliphatic rings. The molecule has 7 heteroatoms. The van der Waals surface area contributed by atoms with Crippen molar-refractivity contribution in [3.63, 3.8) is 0 Å². The molecule has 3 heterocycles. The third-order valence-electron chi connectivity index (χ3n) is 5.17. The summed E-state index contributed by atoms with van der Waals surface area (Å²) in [5.41, 5.74) is -0.396. The highest BCUT2D eigenvalue weighted by molar-refractivity contribution is 6.01. The maximum Gasteiger partial charge on any atom is 0.233 e. The molecule has 1 unspecified atom stereocenters. The van der Waals surface area contributed by atoms with Crippen molar-refractivity contribution in [2.75, 3.05) is 46.0 Å². The fourth-order valence-electron chi connectivity index (χ4n) is 3.79. The lowest BCUT2D eigenvalue weighted by Crippen LogP contribution is -2.72. The zero-order chi connectivity index (χ0) is 18.1. The molecule has 0 saturated carbocycles. The third kappa shape index (κ3) is 4.15. The summed E-state index contributed by atoms with van der Waals surface area (Å²) in [6.07, 6.45) is 1.39. The monoisotopic (exact) mass is 352 g/mol. The number of carbonyl (C=O) groups is 1. The lowest BCUT2D eigenvalue weighted by atomic mass is 9.89. The molecule has 3 aliphatic heterocycles. The van der Waals surface area contributed by atoms with Crippen LogP contribution >= 0.6 is 0 Å². The molecule has 0 aliphatic carbocycles. The summed E-state index contributed by atoms with van der Waals surface area (Å²) >= 11 is 0. The Morgan fingerprint density at radius 2 is 2.04 bits per heavy atom. The zero-order valence-electron chi connectivity index (χ0n) is 16.0. The number of fused-ring (bicyclic) bond motifs is 1. The van der Waals surface area contributed by atoms with Crippen LogP contribution < -0.4 is 5.32 Å². The first-order chi connectivity index (χ1) is 11.8. The van der Waals surface area contributed by atoms with Gasteiger partial charge in [0.2, 0.25) is 11.9 Å². The molecule has 0 bridgehead atoms. The average molecular weight is 352 g/mol. The number of amides is 1.